The van der Waals surface area contributed by atoms with E-state index in [2.05, 4.69) is 25.1 Å². The third-order valence-corrected chi connectivity index (χ3v) is 1.46. The molecule has 0 aliphatic heterocycles. The molecule has 0 N–H and O–H groups in total. The molecule has 0 bridgehead atoms. The van der Waals surface area contributed by atoms with Crippen LogP contribution in [0.3, 0.4) is 0 Å². The van der Waals surface area contributed by atoms with Crippen LogP contribution in [-0.4, -0.2) is 0 Å². The standard InChI is InChI=1S/C10H11.CH4.Rf/c1-3-6-10-8-5-4-7-9(10)2;;/h3,5-8H,1-2H3;1H4;/q-1;;/b6-3-;;. The van der Waals surface area contributed by atoms with Crippen LogP contribution in [0.15, 0.2) is 24.3 Å². The summed E-state index contributed by atoms with van der Waals surface area (Å²) in [6, 6.07) is 9.02. The van der Waals surface area contributed by atoms with E-state index in [1.807, 2.05) is 25.1 Å². The van der Waals surface area contributed by atoms with E-state index in [1.54, 1.807) is 0 Å². The first-order valence-electron chi connectivity index (χ1n) is 3.44. The molecule has 0 nitrogen and oxygen atoms in total. The fourth-order valence-corrected chi connectivity index (χ4v) is 0.892. The maximum Gasteiger partial charge on any atom is 0 e. The van der Waals surface area contributed by atoms with Gasteiger partial charge < -0.3 is 0 Å². The minimum absolute atomic E-state index is 0. The fraction of sp³-hybridized carbons (Fsp3) is 0.273. The van der Waals surface area contributed by atoms with E-state index < -0.39 is 0 Å². The molecule has 0 aromatic heterocycles. The number of hydrogen-bond acceptors (Lipinski definition) is 0. The molecule has 0 atom stereocenters. The molecule has 0 radical (unpaired) electrons. The normalized spacial score (nSPS) is 8.83. The number of rotatable bonds is 1. The SMILES string of the molecule is C.C/C=C\c1cc[c-]cc1C.[Rf]. The van der Waals surface area contributed by atoms with Crippen molar-refractivity contribution in [3.8, 4) is 0 Å². The van der Waals surface area contributed by atoms with E-state index in [4.69, 9.17) is 0 Å². The zero-order chi connectivity index (χ0) is 7.40. The Morgan fingerprint density at radius 2 is 2.08 bits per heavy atom. The molecule has 0 saturated carbocycles. The smallest absolute Gasteiger partial charge is 0 e. The third-order valence-electron chi connectivity index (χ3n) is 1.46. The topological polar surface area (TPSA) is 0 Å². The number of hydrogen-bond donors (Lipinski definition) is 0. The molecule has 1 heteroatoms. The van der Waals surface area contributed by atoms with Crippen LogP contribution >= 0.6 is 0 Å². The minimum Gasteiger partial charge on any atom is -0.184 e. The summed E-state index contributed by atoms with van der Waals surface area (Å²) in [5.74, 6) is 0. The third kappa shape index (κ3) is 2.70. The zero-order valence-electron chi connectivity index (χ0n) is 7.09. The van der Waals surface area contributed by atoms with Gasteiger partial charge in [0.1, 0.15) is 0 Å². The predicted molar refractivity (Wildman–Crippen MR) is 51.5 cm³/mol. The van der Waals surface area contributed by atoms with Crippen LogP contribution in [0.5, 0.6) is 0 Å². The van der Waals surface area contributed by atoms with Gasteiger partial charge in [-0.05, 0) is 6.92 Å². The van der Waals surface area contributed by atoms with Crippen molar-refractivity contribution in [2.45, 2.75) is 21.3 Å². The summed E-state index contributed by atoms with van der Waals surface area (Å²) in [7, 11) is 0. The molecule has 1 aromatic rings. The fourth-order valence-electron chi connectivity index (χ4n) is 0.892. The summed E-state index contributed by atoms with van der Waals surface area (Å²) < 4.78 is 0. The van der Waals surface area contributed by atoms with E-state index in [0.717, 1.165) is 0 Å². The molecule has 0 aliphatic carbocycles. The van der Waals surface area contributed by atoms with Gasteiger partial charge in [0.2, 0.25) is 0 Å². The van der Waals surface area contributed by atoms with Gasteiger partial charge in [-0.1, -0.05) is 26.5 Å². The number of benzene rings is 1. The zero-order valence-corrected chi connectivity index (χ0v) is 13.5. The van der Waals surface area contributed by atoms with Gasteiger partial charge in [0, 0.05) is 0 Å². The van der Waals surface area contributed by atoms with Gasteiger partial charge in [-0.15, -0.1) is 5.56 Å². The number of allylic oxidation sites excluding steroid dienone is 1. The molecule has 1 aromatic carbocycles. The van der Waals surface area contributed by atoms with Crippen LogP contribution in [0.25, 0.3) is 6.08 Å². The van der Waals surface area contributed by atoms with Crippen molar-refractivity contribution in [1.29, 1.82) is 0 Å². The van der Waals surface area contributed by atoms with Gasteiger partial charge in [0.15, 0.2) is 0 Å². The van der Waals surface area contributed by atoms with Crippen molar-refractivity contribution in [2.75, 3.05) is 0 Å². The van der Waals surface area contributed by atoms with Gasteiger partial charge in [0.05, 0.1) is 0 Å². The summed E-state index contributed by atoms with van der Waals surface area (Å²) >= 11 is 0. The van der Waals surface area contributed by atoms with Crippen LogP contribution in [0, 0.1) is 13.0 Å². The van der Waals surface area contributed by atoms with Crippen molar-refractivity contribution in [2.24, 2.45) is 0 Å². The summed E-state index contributed by atoms with van der Waals surface area (Å²) in [6.07, 6.45) is 4.14. The minimum atomic E-state index is 0. The molecule has 0 aliphatic rings. The summed E-state index contributed by atoms with van der Waals surface area (Å²) in [4.78, 5) is 0. The first kappa shape index (κ1) is 12.6. The van der Waals surface area contributed by atoms with Gasteiger partial charge >= 0.3 is 0 Å². The Kier molecular flexibility index (Phi) is 6.02. The predicted octanol–water partition coefficient (Wildman–Crippen LogP) is 3.46. The Hall–Kier alpha value is -2.04. The van der Waals surface area contributed by atoms with Crippen LogP contribution in [0.1, 0.15) is 25.5 Å². The molecule has 0 amide bonds. The van der Waals surface area contributed by atoms with Crippen LogP contribution in [-0.2, 0) is 0 Å². The molecular weight excluding hydrogens is 399 g/mol. The Labute approximate surface area is 69.6 Å². The van der Waals surface area contributed by atoms with Crippen molar-refractivity contribution in [3.05, 3.63) is 41.5 Å². The monoisotopic (exact) mass is 414 g/mol. The second-order valence-corrected chi connectivity index (χ2v) is 2.28. The molecular formula is C11H15Rf-. The largest absolute Gasteiger partial charge is 0.184 e. The summed E-state index contributed by atoms with van der Waals surface area (Å²) in [5.41, 5.74) is 2.56. The van der Waals surface area contributed by atoms with Crippen molar-refractivity contribution in [1.82, 2.24) is 0 Å². The average molecular weight is 414 g/mol. The maximum atomic E-state index is 3.03. The molecule has 0 saturated heterocycles. The molecule has 0 fully saturated rings. The average Bonchev–Trinajstić information content (AvgIpc) is 1.94. The molecule has 12 heavy (non-hydrogen) atoms. The van der Waals surface area contributed by atoms with E-state index in [1.165, 1.54) is 11.1 Å². The van der Waals surface area contributed by atoms with Crippen LogP contribution in [0.4, 0.5) is 0 Å². The van der Waals surface area contributed by atoms with Crippen molar-refractivity contribution in [3.63, 3.8) is 0 Å². The van der Waals surface area contributed by atoms with Gasteiger partial charge in [-0.2, -0.15) is 29.8 Å². The second kappa shape index (κ2) is 5.72. The molecule has 62 valence electrons. The van der Waals surface area contributed by atoms with Gasteiger partial charge in [0.25, 0.3) is 0 Å². The van der Waals surface area contributed by atoms with Crippen molar-refractivity contribution >= 4 is 6.08 Å². The van der Waals surface area contributed by atoms with Crippen LogP contribution < -0.4 is 0 Å². The Morgan fingerprint density at radius 3 is 2.58 bits per heavy atom. The van der Waals surface area contributed by atoms with E-state index in [-0.39, 0.29) is 7.43 Å². The Balaban J connectivity index is 0. The second-order valence-electron chi connectivity index (χ2n) is 2.28. The van der Waals surface area contributed by atoms with E-state index >= 15 is 0 Å². The van der Waals surface area contributed by atoms with Crippen LogP contribution in [0.2, 0.25) is 0 Å². The number of aryl methyl sites for hydroxylation is 1. The van der Waals surface area contributed by atoms with E-state index in [9.17, 15) is 0 Å². The Morgan fingerprint density at radius 1 is 1.42 bits per heavy atom. The molecule has 1 rings (SSSR count). The van der Waals surface area contributed by atoms with Crippen molar-refractivity contribution < 1.29 is 0 Å². The summed E-state index contributed by atoms with van der Waals surface area (Å²) in [6.45, 7) is 4.11. The summed E-state index contributed by atoms with van der Waals surface area (Å²) in [5, 5.41) is 0. The van der Waals surface area contributed by atoms with Gasteiger partial charge in [-0.25, -0.2) is 0 Å². The first-order chi connectivity index (χ1) is 4.84. The Bertz CT molecular complexity index is 239. The van der Waals surface area contributed by atoms with Gasteiger partial charge in [-0.3, -0.25) is 0 Å². The van der Waals surface area contributed by atoms with E-state index in [0.29, 0.717) is 0 Å². The maximum absolute atomic E-state index is 3.03. The molecule has 0 spiro atoms. The quantitative estimate of drug-likeness (QED) is 0.618. The molecule has 0 unspecified atom stereocenters. The first-order valence-corrected chi connectivity index (χ1v) is 3.44. The molecule has 0 heterocycles.